The van der Waals surface area contributed by atoms with E-state index in [1.807, 2.05) is 30.5 Å². The van der Waals surface area contributed by atoms with Crippen LogP contribution in [0.3, 0.4) is 0 Å². The lowest BCUT2D eigenvalue weighted by atomic mass is 10.1. The average molecular weight is 363 g/mol. The lowest BCUT2D eigenvalue weighted by molar-refractivity contribution is -0.120. The largest absolute Gasteiger partial charge is 0.387 e. The number of carbonyl (C=O) groups excluding carboxylic acids is 1. The molecule has 0 aliphatic rings. The zero-order valence-corrected chi connectivity index (χ0v) is 14.2. The third-order valence-corrected chi connectivity index (χ3v) is 4.22. The Bertz CT molecular complexity index is 856. The molecule has 0 saturated carbocycles. The molecule has 24 heavy (non-hydrogen) atoms. The minimum atomic E-state index is -0.867. The Balaban J connectivity index is 1.61. The number of H-pyrrole nitrogens is 1. The van der Waals surface area contributed by atoms with Crippen LogP contribution >= 0.6 is 23.2 Å². The summed E-state index contributed by atoms with van der Waals surface area (Å²) in [7, 11) is 0. The Hall–Kier alpha value is -2.01. The van der Waals surface area contributed by atoms with Crippen LogP contribution in [0.25, 0.3) is 10.9 Å². The molecular formula is C18H16Cl2N2O2. The standard InChI is InChI=1S/C18H16Cl2N2O2/c19-13-5-11(6-14(20)8-13)17(23)10-22-18(24)7-12-9-21-16-4-2-1-3-15(12)16/h1-6,8-9,17,21,23H,7,10H2,(H,22,24). The van der Waals surface area contributed by atoms with Gasteiger partial charge in [0.25, 0.3) is 0 Å². The highest BCUT2D eigenvalue weighted by Crippen LogP contribution is 2.23. The molecule has 0 aliphatic heterocycles. The first-order valence-electron chi connectivity index (χ1n) is 7.48. The van der Waals surface area contributed by atoms with Gasteiger partial charge in [0.2, 0.25) is 5.91 Å². The lowest BCUT2D eigenvalue weighted by Gasteiger charge is -2.13. The SMILES string of the molecule is O=C(Cc1c[nH]c2ccccc12)NCC(O)c1cc(Cl)cc(Cl)c1. The molecule has 1 heterocycles. The fourth-order valence-electron chi connectivity index (χ4n) is 2.61. The number of aliphatic hydroxyl groups is 1. The fourth-order valence-corrected chi connectivity index (χ4v) is 3.15. The number of aromatic nitrogens is 1. The van der Waals surface area contributed by atoms with E-state index in [2.05, 4.69) is 10.3 Å². The van der Waals surface area contributed by atoms with Crippen molar-refractivity contribution in [3.63, 3.8) is 0 Å². The van der Waals surface area contributed by atoms with Crippen LogP contribution in [0.2, 0.25) is 10.0 Å². The summed E-state index contributed by atoms with van der Waals surface area (Å²) in [6, 6.07) is 12.7. The normalized spacial score (nSPS) is 12.3. The maximum Gasteiger partial charge on any atom is 0.224 e. The smallest absolute Gasteiger partial charge is 0.224 e. The molecule has 0 aliphatic carbocycles. The Kier molecular flexibility index (Phi) is 5.09. The van der Waals surface area contributed by atoms with E-state index in [0.717, 1.165) is 16.5 Å². The van der Waals surface area contributed by atoms with E-state index in [9.17, 15) is 9.90 Å². The molecule has 6 heteroatoms. The molecule has 0 radical (unpaired) electrons. The highest BCUT2D eigenvalue weighted by molar-refractivity contribution is 6.34. The first-order valence-corrected chi connectivity index (χ1v) is 8.24. The van der Waals surface area contributed by atoms with Gasteiger partial charge in [0, 0.05) is 33.7 Å². The average Bonchev–Trinajstić information content (AvgIpc) is 2.95. The van der Waals surface area contributed by atoms with E-state index < -0.39 is 6.10 Å². The minimum absolute atomic E-state index is 0.0951. The zero-order valence-electron chi connectivity index (χ0n) is 12.7. The summed E-state index contributed by atoms with van der Waals surface area (Å²) in [4.78, 5) is 15.3. The highest BCUT2D eigenvalue weighted by Gasteiger charge is 2.13. The molecule has 3 aromatic rings. The van der Waals surface area contributed by atoms with E-state index in [1.165, 1.54) is 0 Å². The number of carbonyl (C=O) groups is 1. The van der Waals surface area contributed by atoms with Gasteiger partial charge < -0.3 is 15.4 Å². The molecule has 124 valence electrons. The van der Waals surface area contributed by atoms with Crippen molar-refractivity contribution in [1.82, 2.24) is 10.3 Å². The molecule has 1 aromatic heterocycles. The van der Waals surface area contributed by atoms with E-state index in [4.69, 9.17) is 23.2 Å². The summed E-state index contributed by atoms with van der Waals surface area (Å²) in [6.07, 6.45) is 1.21. The molecule has 1 atom stereocenters. The summed E-state index contributed by atoms with van der Waals surface area (Å²) in [5.74, 6) is -0.160. The molecule has 3 rings (SSSR count). The molecule has 0 saturated heterocycles. The Morgan fingerprint density at radius 2 is 1.88 bits per heavy atom. The molecule has 2 aromatic carbocycles. The van der Waals surface area contributed by atoms with Crippen LogP contribution in [-0.4, -0.2) is 22.5 Å². The maximum atomic E-state index is 12.1. The van der Waals surface area contributed by atoms with Crippen molar-refractivity contribution in [1.29, 1.82) is 0 Å². The van der Waals surface area contributed by atoms with Crippen LogP contribution < -0.4 is 5.32 Å². The summed E-state index contributed by atoms with van der Waals surface area (Å²) < 4.78 is 0. The monoisotopic (exact) mass is 362 g/mol. The summed E-state index contributed by atoms with van der Waals surface area (Å²) in [5, 5.41) is 14.8. The van der Waals surface area contributed by atoms with Gasteiger partial charge in [0.1, 0.15) is 0 Å². The Labute approximate surface area is 149 Å². The third kappa shape index (κ3) is 3.90. The van der Waals surface area contributed by atoms with Crippen molar-refractivity contribution in [2.75, 3.05) is 6.54 Å². The van der Waals surface area contributed by atoms with E-state index in [0.29, 0.717) is 15.6 Å². The second-order valence-corrected chi connectivity index (χ2v) is 6.43. The van der Waals surface area contributed by atoms with E-state index in [-0.39, 0.29) is 18.9 Å². The van der Waals surface area contributed by atoms with Gasteiger partial charge in [-0.1, -0.05) is 41.4 Å². The summed E-state index contributed by atoms with van der Waals surface area (Å²) >= 11 is 11.8. The number of rotatable bonds is 5. The van der Waals surface area contributed by atoms with Crippen molar-refractivity contribution in [2.45, 2.75) is 12.5 Å². The minimum Gasteiger partial charge on any atom is -0.387 e. The fraction of sp³-hybridized carbons (Fsp3) is 0.167. The molecule has 0 bridgehead atoms. The molecule has 4 nitrogen and oxygen atoms in total. The number of para-hydroxylation sites is 1. The van der Waals surface area contributed by atoms with Crippen molar-refractivity contribution in [3.05, 3.63) is 69.8 Å². The van der Waals surface area contributed by atoms with Crippen LogP contribution in [0.5, 0.6) is 0 Å². The first-order chi connectivity index (χ1) is 11.5. The number of nitrogens with one attached hydrogen (secondary N) is 2. The lowest BCUT2D eigenvalue weighted by Crippen LogP contribution is -2.29. The van der Waals surface area contributed by atoms with Gasteiger partial charge in [-0.2, -0.15) is 0 Å². The van der Waals surface area contributed by atoms with Gasteiger partial charge in [0.05, 0.1) is 12.5 Å². The van der Waals surface area contributed by atoms with Crippen LogP contribution in [0, 0.1) is 0 Å². The summed E-state index contributed by atoms with van der Waals surface area (Å²) in [5.41, 5.74) is 2.48. The van der Waals surface area contributed by atoms with Crippen LogP contribution in [0.15, 0.2) is 48.7 Å². The highest BCUT2D eigenvalue weighted by atomic mass is 35.5. The second kappa shape index (κ2) is 7.26. The predicted octanol–water partition coefficient (Wildman–Crippen LogP) is 3.87. The molecule has 0 spiro atoms. The molecule has 1 unspecified atom stereocenters. The molecule has 1 amide bonds. The van der Waals surface area contributed by atoms with Gasteiger partial charge in [-0.05, 0) is 35.4 Å². The molecule has 3 N–H and O–H groups in total. The van der Waals surface area contributed by atoms with Gasteiger partial charge in [-0.3, -0.25) is 4.79 Å². The summed E-state index contributed by atoms with van der Waals surface area (Å²) in [6.45, 7) is 0.0951. The quantitative estimate of drug-likeness (QED) is 0.644. The third-order valence-electron chi connectivity index (χ3n) is 3.79. The Morgan fingerprint density at radius 1 is 1.17 bits per heavy atom. The van der Waals surface area contributed by atoms with Crippen LogP contribution in [0.4, 0.5) is 0 Å². The van der Waals surface area contributed by atoms with Gasteiger partial charge in [-0.15, -0.1) is 0 Å². The molecule has 0 fully saturated rings. The van der Waals surface area contributed by atoms with Crippen LogP contribution in [0.1, 0.15) is 17.2 Å². The van der Waals surface area contributed by atoms with E-state index in [1.54, 1.807) is 18.2 Å². The van der Waals surface area contributed by atoms with Crippen molar-refractivity contribution < 1.29 is 9.90 Å². The number of fused-ring (bicyclic) bond motifs is 1. The first kappa shape index (κ1) is 16.8. The number of halogens is 2. The van der Waals surface area contributed by atoms with Crippen LogP contribution in [-0.2, 0) is 11.2 Å². The number of amides is 1. The topological polar surface area (TPSA) is 65.1 Å². The van der Waals surface area contributed by atoms with Crippen molar-refractivity contribution >= 4 is 40.0 Å². The van der Waals surface area contributed by atoms with Crippen molar-refractivity contribution in [3.8, 4) is 0 Å². The number of hydrogen-bond donors (Lipinski definition) is 3. The number of benzene rings is 2. The Morgan fingerprint density at radius 3 is 2.62 bits per heavy atom. The zero-order chi connectivity index (χ0) is 17.1. The number of hydrogen-bond acceptors (Lipinski definition) is 2. The maximum absolute atomic E-state index is 12.1. The number of aliphatic hydroxyl groups excluding tert-OH is 1. The van der Waals surface area contributed by atoms with Gasteiger partial charge >= 0.3 is 0 Å². The molecular weight excluding hydrogens is 347 g/mol. The predicted molar refractivity (Wildman–Crippen MR) is 96.4 cm³/mol. The van der Waals surface area contributed by atoms with Gasteiger partial charge in [0.15, 0.2) is 0 Å². The second-order valence-electron chi connectivity index (χ2n) is 5.56. The van der Waals surface area contributed by atoms with Gasteiger partial charge in [-0.25, -0.2) is 0 Å². The van der Waals surface area contributed by atoms with Crippen molar-refractivity contribution in [2.24, 2.45) is 0 Å². The van der Waals surface area contributed by atoms with E-state index >= 15 is 0 Å². The number of aromatic amines is 1.